The van der Waals surface area contributed by atoms with Gasteiger partial charge in [0.25, 0.3) is 0 Å². The normalized spacial score (nSPS) is 11.1. The number of hydrogen-bond acceptors (Lipinski definition) is 4. The Morgan fingerprint density at radius 3 is 2.00 bits per heavy atom. The molecule has 0 atom stereocenters. The summed E-state index contributed by atoms with van der Waals surface area (Å²) in [5.74, 6) is 0.954. The Morgan fingerprint density at radius 2 is 1.32 bits per heavy atom. The van der Waals surface area contributed by atoms with E-state index in [0.717, 1.165) is 40.8 Å². The predicted molar refractivity (Wildman–Crippen MR) is 121 cm³/mol. The van der Waals surface area contributed by atoms with E-state index in [0.29, 0.717) is 0 Å². The average molecular weight is 403 g/mol. The SMILES string of the molecule is CCCCCCCCCOc1ccc(-c2nnc(CCCCCCC)s2)cc1. The molecule has 0 spiro atoms. The molecule has 0 aliphatic rings. The zero-order valence-corrected chi connectivity index (χ0v) is 18.7. The van der Waals surface area contributed by atoms with Crippen LogP contribution in [0.3, 0.4) is 0 Å². The zero-order valence-electron chi connectivity index (χ0n) is 17.9. The lowest BCUT2D eigenvalue weighted by molar-refractivity contribution is 0.304. The van der Waals surface area contributed by atoms with Crippen LogP contribution >= 0.6 is 11.3 Å². The van der Waals surface area contributed by atoms with Crippen LogP contribution in [-0.2, 0) is 6.42 Å². The number of benzene rings is 1. The molecule has 28 heavy (non-hydrogen) atoms. The fourth-order valence-corrected chi connectivity index (χ4v) is 4.18. The van der Waals surface area contributed by atoms with E-state index in [1.54, 1.807) is 11.3 Å². The van der Waals surface area contributed by atoms with E-state index in [1.807, 2.05) is 0 Å². The van der Waals surface area contributed by atoms with Crippen LogP contribution in [0.5, 0.6) is 5.75 Å². The van der Waals surface area contributed by atoms with Gasteiger partial charge in [-0.05, 0) is 37.1 Å². The van der Waals surface area contributed by atoms with Crippen LogP contribution in [0.1, 0.15) is 95.9 Å². The van der Waals surface area contributed by atoms with Crippen molar-refractivity contribution >= 4 is 11.3 Å². The van der Waals surface area contributed by atoms with Crippen LogP contribution < -0.4 is 4.74 Å². The Kier molecular flexibility index (Phi) is 11.9. The van der Waals surface area contributed by atoms with Gasteiger partial charge >= 0.3 is 0 Å². The van der Waals surface area contributed by atoms with Crippen molar-refractivity contribution in [1.82, 2.24) is 10.2 Å². The van der Waals surface area contributed by atoms with E-state index in [-0.39, 0.29) is 0 Å². The number of aryl methyl sites for hydroxylation is 1. The molecule has 0 saturated carbocycles. The van der Waals surface area contributed by atoms with Crippen LogP contribution in [0, 0.1) is 0 Å². The number of ether oxygens (including phenoxy) is 1. The Morgan fingerprint density at radius 1 is 0.714 bits per heavy atom. The lowest BCUT2D eigenvalue weighted by atomic mass is 10.1. The summed E-state index contributed by atoms with van der Waals surface area (Å²) >= 11 is 1.73. The van der Waals surface area contributed by atoms with Gasteiger partial charge in [0.2, 0.25) is 0 Å². The molecule has 4 heteroatoms. The minimum Gasteiger partial charge on any atom is -0.494 e. The third kappa shape index (κ3) is 9.18. The maximum atomic E-state index is 5.88. The van der Waals surface area contributed by atoms with Crippen molar-refractivity contribution in [1.29, 1.82) is 0 Å². The molecular formula is C24H38N2OS. The first-order valence-corrected chi connectivity index (χ1v) is 12.2. The second-order valence-electron chi connectivity index (χ2n) is 7.66. The van der Waals surface area contributed by atoms with Crippen LogP contribution in [0.15, 0.2) is 24.3 Å². The smallest absolute Gasteiger partial charge is 0.147 e. The van der Waals surface area contributed by atoms with Gasteiger partial charge in [0.05, 0.1) is 6.61 Å². The first kappa shape index (κ1) is 22.9. The highest BCUT2D eigenvalue weighted by Gasteiger charge is 2.07. The summed E-state index contributed by atoms with van der Waals surface area (Å²) in [5, 5.41) is 10.9. The van der Waals surface area contributed by atoms with Gasteiger partial charge in [-0.1, -0.05) is 89.4 Å². The first-order valence-electron chi connectivity index (χ1n) is 11.4. The van der Waals surface area contributed by atoms with Gasteiger partial charge in [-0.3, -0.25) is 0 Å². The van der Waals surface area contributed by atoms with E-state index >= 15 is 0 Å². The maximum Gasteiger partial charge on any atom is 0.147 e. The quantitative estimate of drug-likeness (QED) is 0.268. The molecule has 1 aromatic heterocycles. The van der Waals surface area contributed by atoms with Crippen molar-refractivity contribution < 1.29 is 4.74 Å². The standard InChI is InChI=1S/C24H38N2OS/c1-3-5-7-9-10-12-14-20-27-22-18-16-21(17-19-22)24-26-25-23(28-24)15-13-11-8-6-4-2/h16-19H,3-15,20H2,1-2H3. The van der Waals surface area contributed by atoms with Crippen molar-refractivity contribution in [3.8, 4) is 16.3 Å². The minimum absolute atomic E-state index is 0.814. The molecule has 0 saturated heterocycles. The molecule has 3 nitrogen and oxygen atoms in total. The van der Waals surface area contributed by atoms with Gasteiger partial charge in [0.15, 0.2) is 0 Å². The monoisotopic (exact) mass is 402 g/mol. The number of nitrogens with zero attached hydrogens (tertiary/aromatic N) is 2. The molecule has 156 valence electrons. The summed E-state index contributed by atoms with van der Waals surface area (Å²) < 4.78 is 5.88. The molecular weight excluding hydrogens is 364 g/mol. The molecule has 0 N–H and O–H groups in total. The molecule has 2 aromatic rings. The second-order valence-corrected chi connectivity index (χ2v) is 8.72. The highest BCUT2D eigenvalue weighted by Crippen LogP contribution is 2.26. The van der Waals surface area contributed by atoms with Gasteiger partial charge < -0.3 is 4.74 Å². The summed E-state index contributed by atoms with van der Waals surface area (Å²) in [6, 6.07) is 8.32. The summed E-state index contributed by atoms with van der Waals surface area (Å²) in [5.41, 5.74) is 1.14. The van der Waals surface area contributed by atoms with Gasteiger partial charge in [-0.2, -0.15) is 0 Å². The van der Waals surface area contributed by atoms with E-state index in [9.17, 15) is 0 Å². The van der Waals surface area contributed by atoms with E-state index in [1.165, 1.54) is 70.6 Å². The number of hydrogen-bond donors (Lipinski definition) is 0. The summed E-state index contributed by atoms with van der Waals surface area (Å²) in [6.07, 6.45) is 16.7. The fourth-order valence-electron chi connectivity index (χ4n) is 3.29. The molecule has 0 fully saturated rings. The molecule has 1 aromatic carbocycles. The number of rotatable bonds is 16. The van der Waals surface area contributed by atoms with Crippen LogP contribution in [0.2, 0.25) is 0 Å². The predicted octanol–water partition coefficient (Wildman–Crippen LogP) is 7.85. The van der Waals surface area contributed by atoms with E-state index < -0.39 is 0 Å². The molecule has 2 rings (SSSR count). The van der Waals surface area contributed by atoms with Crippen LogP contribution in [-0.4, -0.2) is 16.8 Å². The molecule has 0 unspecified atom stereocenters. The van der Waals surface area contributed by atoms with Crippen molar-refractivity contribution in [2.45, 2.75) is 97.3 Å². The van der Waals surface area contributed by atoms with Crippen molar-refractivity contribution in [2.24, 2.45) is 0 Å². The Hall–Kier alpha value is -1.42. The van der Waals surface area contributed by atoms with E-state index in [2.05, 4.69) is 48.3 Å². The minimum atomic E-state index is 0.814. The highest BCUT2D eigenvalue weighted by atomic mass is 32.1. The zero-order chi connectivity index (χ0) is 19.9. The highest BCUT2D eigenvalue weighted by molar-refractivity contribution is 7.14. The summed E-state index contributed by atoms with van der Waals surface area (Å²) in [4.78, 5) is 0. The van der Waals surface area contributed by atoms with Crippen LogP contribution in [0.4, 0.5) is 0 Å². The molecule has 0 bridgehead atoms. The topological polar surface area (TPSA) is 35.0 Å². The Bertz CT molecular complexity index is 624. The van der Waals surface area contributed by atoms with E-state index in [4.69, 9.17) is 4.74 Å². The van der Waals surface area contributed by atoms with Crippen molar-refractivity contribution in [3.63, 3.8) is 0 Å². The number of unbranched alkanes of at least 4 members (excludes halogenated alkanes) is 10. The fraction of sp³-hybridized carbons (Fsp3) is 0.667. The van der Waals surface area contributed by atoms with Gasteiger partial charge in [-0.25, -0.2) is 0 Å². The third-order valence-electron chi connectivity index (χ3n) is 5.08. The molecule has 0 radical (unpaired) electrons. The lowest BCUT2D eigenvalue weighted by Crippen LogP contribution is -1.97. The first-order chi connectivity index (χ1) is 13.8. The van der Waals surface area contributed by atoms with Crippen molar-refractivity contribution in [2.75, 3.05) is 6.61 Å². The lowest BCUT2D eigenvalue weighted by Gasteiger charge is -2.06. The van der Waals surface area contributed by atoms with Crippen molar-refractivity contribution in [3.05, 3.63) is 29.3 Å². The summed E-state index contributed by atoms with van der Waals surface area (Å²) in [7, 11) is 0. The Balaban J connectivity index is 1.65. The molecule has 1 heterocycles. The van der Waals surface area contributed by atoms with Gasteiger partial charge in [-0.15, -0.1) is 10.2 Å². The summed E-state index contributed by atoms with van der Waals surface area (Å²) in [6.45, 7) is 5.33. The number of aromatic nitrogens is 2. The Labute approximate surface area is 175 Å². The molecule has 0 aliphatic carbocycles. The largest absolute Gasteiger partial charge is 0.494 e. The molecule has 0 aliphatic heterocycles. The molecule has 0 amide bonds. The maximum absolute atomic E-state index is 5.88. The van der Waals surface area contributed by atoms with Gasteiger partial charge in [0, 0.05) is 12.0 Å². The third-order valence-corrected chi connectivity index (χ3v) is 6.11. The average Bonchev–Trinajstić information content (AvgIpc) is 3.19. The second kappa shape index (κ2) is 14.6. The van der Waals surface area contributed by atoms with Crippen LogP contribution in [0.25, 0.3) is 10.6 Å². The van der Waals surface area contributed by atoms with Gasteiger partial charge in [0.1, 0.15) is 15.8 Å².